The molecule has 47 heavy (non-hydrogen) atoms. The van der Waals surface area contributed by atoms with Gasteiger partial charge in [-0.1, -0.05) is 124 Å². The van der Waals surface area contributed by atoms with Crippen LogP contribution in [0.1, 0.15) is 61.4 Å². The maximum Gasteiger partial charge on any atom is 0.165 e. The van der Waals surface area contributed by atoms with E-state index in [9.17, 15) is 0 Å². The summed E-state index contributed by atoms with van der Waals surface area (Å²) in [5.41, 5.74) is 13.1. The van der Waals surface area contributed by atoms with Crippen LogP contribution >= 0.6 is 0 Å². The van der Waals surface area contributed by atoms with Crippen LogP contribution in [-0.4, -0.2) is 9.97 Å². The minimum absolute atomic E-state index is 0.0195. The average molecular weight is 606 g/mol. The van der Waals surface area contributed by atoms with E-state index in [0.717, 1.165) is 41.0 Å². The van der Waals surface area contributed by atoms with Gasteiger partial charge in [-0.3, -0.25) is 4.90 Å². The van der Waals surface area contributed by atoms with E-state index in [-0.39, 0.29) is 16.2 Å². The predicted molar refractivity (Wildman–Crippen MR) is 193 cm³/mol. The highest BCUT2D eigenvalue weighted by molar-refractivity contribution is 5.97. The van der Waals surface area contributed by atoms with E-state index >= 15 is 0 Å². The van der Waals surface area contributed by atoms with Crippen LogP contribution in [-0.2, 0) is 10.8 Å². The highest BCUT2D eigenvalue weighted by atomic mass is 15.2. The van der Waals surface area contributed by atoms with Crippen LogP contribution < -0.4 is 4.90 Å². The van der Waals surface area contributed by atoms with Crippen molar-refractivity contribution in [3.05, 3.63) is 161 Å². The second-order valence-corrected chi connectivity index (χ2v) is 14.6. The Bertz CT molecular complexity index is 2430. The lowest BCUT2D eigenvalue weighted by Gasteiger charge is -2.62. The summed E-state index contributed by atoms with van der Waals surface area (Å²) in [4.78, 5) is 13.3. The maximum absolute atomic E-state index is 5.49. The Morgan fingerprint density at radius 2 is 1.19 bits per heavy atom. The molecule has 2 heterocycles. The van der Waals surface area contributed by atoms with Crippen LogP contribution in [0.25, 0.3) is 33.1 Å². The quantitative estimate of drug-likeness (QED) is 0.196. The van der Waals surface area contributed by atoms with Gasteiger partial charge in [-0.25, -0.2) is 9.97 Å². The molecule has 0 N–H and O–H groups in total. The van der Waals surface area contributed by atoms with Crippen molar-refractivity contribution in [3.63, 3.8) is 0 Å². The van der Waals surface area contributed by atoms with Gasteiger partial charge in [-0.15, -0.1) is 0 Å². The normalized spacial score (nSPS) is 20.6. The van der Waals surface area contributed by atoms with Crippen molar-refractivity contribution in [1.82, 2.24) is 9.97 Å². The molecule has 3 aliphatic carbocycles. The number of hydrogen-bond donors (Lipinski definition) is 0. The molecule has 0 amide bonds. The molecule has 1 aliphatic heterocycles. The lowest BCUT2D eigenvalue weighted by atomic mass is 9.41. The largest absolute Gasteiger partial charge is 0.293 e. The van der Waals surface area contributed by atoms with Gasteiger partial charge in [0, 0.05) is 16.4 Å². The zero-order valence-electron chi connectivity index (χ0n) is 27.0. The fourth-order valence-corrected chi connectivity index (χ4v) is 9.60. The smallest absolute Gasteiger partial charge is 0.165 e. The van der Waals surface area contributed by atoms with Gasteiger partial charge < -0.3 is 0 Å². The first-order valence-corrected chi connectivity index (χ1v) is 16.8. The molecule has 4 aliphatic rings. The summed E-state index contributed by atoms with van der Waals surface area (Å²) < 4.78 is 0. The number of aromatic nitrogens is 2. The Labute approximate surface area is 275 Å². The van der Waals surface area contributed by atoms with Gasteiger partial charge in [-0.05, 0) is 87.2 Å². The summed E-state index contributed by atoms with van der Waals surface area (Å²) in [5, 5.41) is 2.41. The highest BCUT2D eigenvalue weighted by Gasteiger charge is 2.62. The van der Waals surface area contributed by atoms with Crippen molar-refractivity contribution in [2.75, 3.05) is 4.90 Å². The topological polar surface area (TPSA) is 29.0 Å². The van der Waals surface area contributed by atoms with Crippen LogP contribution in [0, 0.1) is 5.41 Å². The van der Waals surface area contributed by atoms with Crippen LogP contribution in [0.4, 0.5) is 17.2 Å². The van der Waals surface area contributed by atoms with E-state index in [0.29, 0.717) is 0 Å². The van der Waals surface area contributed by atoms with Crippen LogP contribution in [0.15, 0.2) is 133 Å². The minimum atomic E-state index is -0.226. The Kier molecular flexibility index (Phi) is 5.24. The molecular weight excluding hydrogens is 571 g/mol. The molecule has 11 rings (SSSR count). The van der Waals surface area contributed by atoms with E-state index < -0.39 is 0 Å². The molecule has 1 aromatic heterocycles. The maximum atomic E-state index is 5.49. The number of para-hydroxylation sites is 3. The standard InChI is InChI=1S/C44H35N3/c1-42(2,3)44-26-25-43(31-15-6-7-16-32(31)44)33-17-8-11-21-37(33)47(38-22-12-18-34(44)39(38)43)41-40(45-35-19-9-10-20-36(35)46-41)30-24-23-28-13-4-5-14-29(28)27-30/h4-24,27H,25-26H2,1-3H3. The molecule has 3 heteroatoms. The van der Waals surface area contributed by atoms with Crippen molar-refractivity contribution in [1.29, 1.82) is 0 Å². The zero-order chi connectivity index (χ0) is 31.5. The zero-order valence-corrected chi connectivity index (χ0v) is 27.0. The Balaban J connectivity index is 1.33. The lowest BCUT2D eigenvalue weighted by Crippen LogP contribution is -2.56. The summed E-state index contributed by atoms with van der Waals surface area (Å²) in [7, 11) is 0. The van der Waals surface area contributed by atoms with E-state index in [4.69, 9.17) is 9.97 Å². The first kappa shape index (κ1) is 26.9. The number of anilines is 3. The number of benzene rings is 6. The van der Waals surface area contributed by atoms with Crippen LogP contribution in [0.3, 0.4) is 0 Å². The second kappa shape index (κ2) is 9.17. The van der Waals surface area contributed by atoms with Gasteiger partial charge in [0.15, 0.2) is 5.82 Å². The Hall–Kier alpha value is -5.28. The minimum Gasteiger partial charge on any atom is -0.293 e. The van der Waals surface area contributed by atoms with E-state index in [1.165, 1.54) is 50.0 Å². The molecule has 0 fully saturated rings. The summed E-state index contributed by atoms with van der Waals surface area (Å²) >= 11 is 0. The fourth-order valence-electron chi connectivity index (χ4n) is 9.60. The summed E-state index contributed by atoms with van der Waals surface area (Å²) in [5.74, 6) is 0.870. The molecule has 2 atom stereocenters. The molecule has 226 valence electrons. The van der Waals surface area contributed by atoms with E-state index in [1.54, 1.807) is 0 Å². The molecule has 2 bridgehead atoms. The predicted octanol–water partition coefficient (Wildman–Crippen LogP) is 11.0. The summed E-state index contributed by atoms with van der Waals surface area (Å²) in [6.07, 6.45) is 2.20. The number of rotatable bonds is 2. The average Bonchev–Trinajstić information content (AvgIpc) is 3.11. The number of fused-ring (bicyclic) bond motifs is 4. The monoisotopic (exact) mass is 605 g/mol. The first-order valence-electron chi connectivity index (χ1n) is 16.8. The van der Waals surface area contributed by atoms with Gasteiger partial charge in [0.1, 0.15) is 5.69 Å². The third-order valence-corrected chi connectivity index (χ3v) is 11.6. The van der Waals surface area contributed by atoms with E-state index in [2.05, 4.69) is 159 Å². The van der Waals surface area contributed by atoms with Crippen molar-refractivity contribution in [2.24, 2.45) is 5.41 Å². The van der Waals surface area contributed by atoms with Crippen LogP contribution in [0.5, 0.6) is 0 Å². The van der Waals surface area contributed by atoms with Gasteiger partial charge in [0.2, 0.25) is 0 Å². The molecular formula is C44H35N3. The molecule has 0 radical (unpaired) electrons. The van der Waals surface area contributed by atoms with Gasteiger partial charge in [0.25, 0.3) is 0 Å². The summed E-state index contributed by atoms with van der Waals surface area (Å²) in [6.45, 7) is 7.30. The molecule has 2 unspecified atom stereocenters. The lowest BCUT2D eigenvalue weighted by molar-refractivity contribution is 0.164. The molecule has 3 nitrogen and oxygen atoms in total. The Morgan fingerprint density at radius 3 is 2.00 bits per heavy atom. The van der Waals surface area contributed by atoms with Crippen LogP contribution in [0.2, 0.25) is 0 Å². The molecule has 1 spiro atoms. The molecule has 7 aromatic rings. The Morgan fingerprint density at radius 1 is 0.553 bits per heavy atom. The fraction of sp³-hybridized carbons (Fsp3) is 0.182. The third-order valence-electron chi connectivity index (χ3n) is 11.6. The molecule has 6 aromatic carbocycles. The van der Waals surface area contributed by atoms with Gasteiger partial charge in [-0.2, -0.15) is 0 Å². The number of nitrogens with zero attached hydrogens (tertiary/aromatic N) is 3. The van der Waals surface area contributed by atoms with Gasteiger partial charge >= 0.3 is 0 Å². The van der Waals surface area contributed by atoms with Crippen molar-refractivity contribution in [2.45, 2.75) is 44.4 Å². The molecule has 0 saturated heterocycles. The SMILES string of the molecule is CC(C)(C)C12CCC3(c4ccccc4N(c4nc5ccccc5nc4-c4ccc5ccccc5c4)c4cccc1c43)c1ccccc12. The van der Waals surface area contributed by atoms with Crippen molar-refractivity contribution < 1.29 is 0 Å². The third kappa shape index (κ3) is 3.31. The molecule has 0 saturated carbocycles. The highest BCUT2D eigenvalue weighted by Crippen LogP contribution is 2.71. The second-order valence-electron chi connectivity index (χ2n) is 14.6. The van der Waals surface area contributed by atoms with Gasteiger partial charge in [0.05, 0.1) is 22.4 Å². The number of hydrogen-bond acceptors (Lipinski definition) is 3. The van der Waals surface area contributed by atoms with Crippen molar-refractivity contribution in [3.8, 4) is 11.3 Å². The van der Waals surface area contributed by atoms with Crippen molar-refractivity contribution >= 4 is 39.0 Å². The van der Waals surface area contributed by atoms with E-state index in [1.807, 2.05) is 0 Å². The summed E-state index contributed by atoms with van der Waals surface area (Å²) in [6, 6.07) is 48.9. The first-order chi connectivity index (χ1) is 22.9.